The fourth-order valence-corrected chi connectivity index (χ4v) is 3.59. The van der Waals surface area contributed by atoms with Crippen molar-refractivity contribution in [2.75, 3.05) is 6.61 Å². The highest BCUT2D eigenvalue weighted by Gasteiger charge is 2.17. The van der Waals surface area contributed by atoms with Gasteiger partial charge in [-0.3, -0.25) is 9.78 Å². The molecule has 0 aliphatic carbocycles. The van der Waals surface area contributed by atoms with E-state index in [1.54, 1.807) is 24.4 Å². The van der Waals surface area contributed by atoms with Crippen LogP contribution in [0.1, 0.15) is 22.7 Å². The van der Waals surface area contributed by atoms with Crippen molar-refractivity contribution in [2.45, 2.75) is 6.04 Å². The number of aromatic nitrogens is 1. The van der Waals surface area contributed by atoms with E-state index in [2.05, 4.69) is 10.3 Å². The van der Waals surface area contributed by atoms with Gasteiger partial charge >= 0.3 is 5.97 Å². The first-order chi connectivity index (χ1) is 16.1. The molecule has 0 aliphatic rings. The van der Waals surface area contributed by atoms with Crippen LogP contribution in [-0.2, 0) is 14.3 Å². The van der Waals surface area contributed by atoms with Gasteiger partial charge in [0, 0.05) is 28.2 Å². The van der Waals surface area contributed by atoms with Crippen LogP contribution in [-0.4, -0.2) is 23.5 Å². The predicted molar refractivity (Wildman–Crippen MR) is 130 cm³/mol. The lowest BCUT2D eigenvalue weighted by Crippen LogP contribution is -2.32. The Bertz CT molecular complexity index is 1280. The summed E-state index contributed by atoms with van der Waals surface area (Å²) in [6.45, 7) is -0.395. The number of esters is 1. The lowest BCUT2D eigenvalue weighted by Gasteiger charge is -2.20. The van der Waals surface area contributed by atoms with Crippen LogP contribution in [0.15, 0.2) is 97.2 Å². The van der Waals surface area contributed by atoms with Crippen molar-refractivity contribution in [3.8, 4) is 0 Å². The van der Waals surface area contributed by atoms with Gasteiger partial charge in [-0.2, -0.15) is 0 Å². The van der Waals surface area contributed by atoms with E-state index in [-0.39, 0.29) is 0 Å². The molecule has 1 heterocycles. The molecule has 0 fully saturated rings. The molecule has 5 nitrogen and oxygen atoms in total. The zero-order valence-corrected chi connectivity index (χ0v) is 18.4. The van der Waals surface area contributed by atoms with Gasteiger partial charge < -0.3 is 10.1 Å². The number of carbonyl (C=O) groups is 2. The molecule has 0 saturated carbocycles. The minimum absolute atomic E-state index is 0.395. The molecule has 4 aromatic rings. The molecule has 0 saturated heterocycles. The molecule has 0 radical (unpaired) electrons. The Morgan fingerprint density at radius 1 is 0.909 bits per heavy atom. The van der Waals surface area contributed by atoms with Crippen LogP contribution < -0.4 is 5.32 Å². The van der Waals surface area contributed by atoms with Gasteiger partial charge in [-0.05, 0) is 35.4 Å². The molecule has 0 bridgehead atoms. The van der Waals surface area contributed by atoms with Crippen LogP contribution >= 0.6 is 11.6 Å². The second kappa shape index (κ2) is 10.6. The maximum atomic E-state index is 12.6. The van der Waals surface area contributed by atoms with Gasteiger partial charge in [0.15, 0.2) is 6.61 Å². The maximum Gasteiger partial charge on any atom is 0.331 e. The second-order valence-electron chi connectivity index (χ2n) is 7.33. The number of hydrogen-bond acceptors (Lipinski definition) is 4. The standard InChI is InChI=1S/C27H21ClN2O3/c28-23-14-11-22(12-15-23)27(20-6-2-1-3-7-20)30-24(31)18-33-25(32)16-13-21-9-4-8-19-10-5-17-29-26(19)21/h1-17,27H,18H2,(H,30,31)/b16-13+. The number of nitrogens with one attached hydrogen (secondary N) is 1. The van der Waals surface area contributed by atoms with Crippen LogP contribution in [0, 0.1) is 0 Å². The molecule has 4 rings (SSSR count). The van der Waals surface area contributed by atoms with Crippen molar-refractivity contribution in [2.24, 2.45) is 0 Å². The van der Waals surface area contributed by atoms with E-state index in [0.717, 1.165) is 27.6 Å². The zero-order chi connectivity index (χ0) is 23.0. The third-order valence-corrected chi connectivity index (χ3v) is 5.30. The Hall–Kier alpha value is -3.96. The van der Waals surface area contributed by atoms with Gasteiger partial charge in [-0.1, -0.05) is 78.3 Å². The first-order valence-corrected chi connectivity index (χ1v) is 10.8. The number of hydrogen-bond donors (Lipinski definition) is 1. The van der Waals surface area contributed by atoms with Gasteiger partial charge in [-0.25, -0.2) is 4.79 Å². The smallest absolute Gasteiger partial charge is 0.331 e. The number of halogens is 1. The van der Waals surface area contributed by atoms with Gasteiger partial charge in [0.2, 0.25) is 0 Å². The number of amides is 1. The Morgan fingerprint density at radius 2 is 1.64 bits per heavy atom. The first kappa shape index (κ1) is 22.2. The van der Waals surface area contributed by atoms with E-state index < -0.39 is 24.5 Å². The molecule has 1 atom stereocenters. The number of nitrogens with zero attached hydrogens (tertiary/aromatic N) is 1. The number of pyridine rings is 1. The summed E-state index contributed by atoms with van der Waals surface area (Å²) in [6, 6.07) is 25.9. The van der Waals surface area contributed by atoms with Crippen molar-refractivity contribution in [3.05, 3.63) is 119 Å². The minimum atomic E-state index is -0.610. The van der Waals surface area contributed by atoms with Crippen molar-refractivity contribution in [3.63, 3.8) is 0 Å². The molecule has 33 heavy (non-hydrogen) atoms. The normalized spacial score (nSPS) is 11.9. The largest absolute Gasteiger partial charge is 0.452 e. The average Bonchev–Trinajstić information content (AvgIpc) is 2.86. The molecule has 1 unspecified atom stereocenters. The molecule has 1 aromatic heterocycles. The maximum absolute atomic E-state index is 12.6. The molecule has 1 amide bonds. The molecule has 1 N–H and O–H groups in total. The zero-order valence-electron chi connectivity index (χ0n) is 17.6. The van der Waals surface area contributed by atoms with E-state index in [9.17, 15) is 9.59 Å². The Kier molecular flexibility index (Phi) is 7.12. The van der Waals surface area contributed by atoms with E-state index in [4.69, 9.17) is 16.3 Å². The molecular formula is C27H21ClN2O3. The highest BCUT2D eigenvalue weighted by molar-refractivity contribution is 6.30. The van der Waals surface area contributed by atoms with E-state index in [1.165, 1.54) is 6.08 Å². The summed E-state index contributed by atoms with van der Waals surface area (Å²) in [5, 5.41) is 4.51. The SMILES string of the molecule is O=C(COC(=O)/C=C/c1cccc2cccnc12)NC(c1ccccc1)c1ccc(Cl)cc1. The molecule has 164 valence electrons. The van der Waals surface area contributed by atoms with Crippen molar-refractivity contribution in [1.82, 2.24) is 10.3 Å². The summed E-state index contributed by atoms with van der Waals surface area (Å²) < 4.78 is 5.15. The van der Waals surface area contributed by atoms with Gasteiger partial charge in [0.05, 0.1) is 11.6 Å². The predicted octanol–water partition coefficient (Wildman–Crippen LogP) is 5.35. The number of carbonyl (C=O) groups excluding carboxylic acids is 2. The van der Waals surface area contributed by atoms with Crippen molar-refractivity contribution < 1.29 is 14.3 Å². The van der Waals surface area contributed by atoms with Gasteiger partial charge in [-0.15, -0.1) is 0 Å². The van der Waals surface area contributed by atoms with Crippen molar-refractivity contribution >= 4 is 40.5 Å². The van der Waals surface area contributed by atoms with Gasteiger partial charge in [0.1, 0.15) is 0 Å². The molecule has 0 aliphatic heterocycles. The summed E-state index contributed by atoms with van der Waals surface area (Å²) in [6.07, 6.45) is 4.63. The third-order valence-electron chi connectivity index (χ3n) is 5.05. The lowest BCUT2D eigenvalue weighted by molar-refractivity contribution is -0.143. The highest BCUT2D eigenvalue weighted by atomic mass is 35.5. The van der Waals surface area contributed by atoms with Crippen LogP contribution in [0.4, 0.5) is 0 Å². The van der Waals surface area contributed by atoms with Crippen LogP contribution in [0.2, 0.25) is 5.02 Å². The number of ether oxygens (including phenoxy) is 1. The van der Waals surface area contributed by atoms with Gasteiger partial charge in [0.25, 0.3) is 5.91 Å². The van der Waals surface area contributed by atoms with Crippen LogP contribution in [0.25, 0.3) is 17.0 Å². The number of rotatable bonds is 7. The van der Waals surface area contributed by atoms with E-state index in [0.29, 0.717) is 5.02 Å². The summed E-state index contributed by atoms with van der Waals surface area (Å²) >= 11 is 6.00. The third kappa shape index (κ3) is 5.84. The molecule has 6 heteroatoms. The molecule has 3 aromatic carbocycles. The van der Waals surface area contributed by atoms with Crippen LogP contribution in [0.3, 0.4) is 0 Å². The Labute approximate surface area is 196 Å². The fourth-order valence-electron chi connectivity index (χ4n) is 3.47. The summed E-state index contributed by atoms with van der Waals surface area (Å²) in [7, 11) is 0. The van der Waals surface area contributed by atoms with Crippen LogP contribution in [0.5, 0.6) is 0 Å². The molecule has 0 spiro atoms. The van der Waals surface area contributed by atoms with E-state index >= 15 is 0 Å². The van der Waals surface area contributed by atoms with Crippen molar-refractivity contribution in [1.29, 1.82) is 0 Å². The molecular weight excluding hydrogens is 436 g/mol. The summed E-state index contributed by atoms with van der Waals surface area (Å²) in [4.78, 5) is 29.1. The lowest BCUT2D eigenvalue weighted by atomic mass is 9.99. The first-order valence-electron chi connectivity index (χ1n) is 10.4. The van der Waals surface area contributed by atoms with E-state index in [1.807, 2.05) is 72.8 Å². The second-order valence-corrected chi connectivity index (χ2v) is 7.76. The number of benzene rings is 3. The monoisotopic (exact) mass is 456 g/mol. The summed E-state index contributed by atoms with van der Waals surface area (Å²) in [5.41, 5.74) is 3.35. The Balaban J connectivity index is 1.40. The average molecular weight is 457 g/mol. The number of para-hydroxylation sites is 1. The fraction of sp³-hybridized carbons (Fsp3) is 0.0741. The Morgan fingerprint density at radius 3 is 2.42 bits per heavy atom. The minimum Gasteiger partial charge on any atom is -0.452 e. The number of fused-ring (bicyclic) bond motifs is 1. The topological polar surface area (TPSA) is 68.3 Å². The highest BCUT2D eigenvalue weighted by Crippen LogP contribution is 2.23. The summed E-state index contributed by atoms with van der Waals surface area (Å²) in [5.74, 6) is -1.02. The quantitative estimate of drug-likeness (QED) is 0.300.